The summed E-state index contributed by atoms with van der Waals surface area (Å²) >= 11 is 0. The Balaban J connectivity index is 1.51. The fourth-order valence-electron chi connectivity index (χ4n) is 4.33. The van der Waals surface area contributed by atoms with Crippen molar-refractivity contribution in [3.05, 3.63) is 94.0 Å². The zero-order valence-corrected chi connectivity index (χ0v) is 18.3. The van der Waals surface area contributed by atoms with Crippen LogP contribution in [0.2, 0.25) is 0 Å². The molecule has 4 rings (SSSR count). The van der Waals surface area contributed by atoms with Crippen molar-refractivity contribution >= 4 is 17.4 Å². The van der Waals surface area contributed by atoms with Gasteiger partial charge in [0, 0.05) is 42.3 Å². The second kappa shape index (κ2) is 10.3. The highest BCUT2D eigenvalue weighted by Crippen LogP contribution is 2.26. The van der Waals surface area contributed by atoms with Crippen LogP contribution in [-0.2, 0) is 13.1 Å². The van der Waals surface area contributed by atoms with E-state index >= 15 is 0 Å². The molecule has 1 saturated carbocycles. The van der Waals surface area contributed by atoms with Crippen LogP contribution < -0.4 is 5.32 Å². The van der Waals surface area contributed by atoms with E-state index in [1.54, 1.807) is 24.3 Å². The lowest BCUT2D eigenvalue weighted by atomic mass is 9.94. The van der Waals surface area contributed by atoms with E-state index in [0.717, 1.165) is 36.9 Å². The van der Waals surface area contributed by atoms with Crippen LogP contribution in [0.1, 0.15) is 43.4 Å². The van der Waals surface area contributed by atoms with Gasteiger partial charge in [0.1, 0.15) is 5.82 Å². The van der Waals surface area contributed by atoms with Crippen molar-refractivity contribution in [2.75, 3.05) is 5.32 Å². The zero-order valence-electron chi connectivity index (χ0n) is 18.3. The van der Waals surface area contributed by atoms with Crippen LogP contribution in [0.15, 0.2) is 66.9 Å². The summed E-state index contributed by atoms with van der Waals surface area (Å²) in [5, 5.41) is 13.8. The number of benzene rings is 2. The molecule has 0 atom stereocenters. The van der Waals surface area contributed by atoms with Gasteiger partial charge < -0.3 is 14.8 Å². The summed E-state index contributed by atoms with van der Waals surface area (Å²) in [7, 11) is 0. The molecule has 1 aliphatic rings. The first-order valence-corrected chi connectivity index (χ1v) is 11.2. The number of hydrogen-bond donors (Lipinski definition) is 1. The van der Waals surface area contributed by atoms with Crippen molar-refractivity contribution in [3.8, 4) is 0 Å². The molecule has 0 saturated heterocycles. The number of nitro groups is 1. The molecule has 0 bridgehead atoms. The van der Waals surface area contributed by atoms with E-state index in [-0.39, 0.29) is 23.6 Å². The zero-order chi connectivity index (χ0) is 23.2. The Bertz CT molecular complexity index is 1090. The summed E-state index contributed by atoms with van der Waals surface area (Å²) in [6.45, 7) is 1.03. The van der Waals surface area contributed by atoms with Gasteiger partial charge >= 0.3 is 6.03 Å². The maximum absolute atomic E-state index is 13.3. The molecule has 1 heterocycles. The fraction of sp³-hybridized carbons (Fsp3) is 0.320. The molecular formula is C25H27FN4O3. The van der Waals surface area contributed by atoms with Crippen molar-refractivity contribution in [1.29, 1.82) is 0 Å². The van der Waals surface area contributed by atoms with Gasteiger partial charge in [-0.1, -0.05) is 31.4 Å². The lowest BCUT2D eigenvalue weighted by Crippen LogP contribution is -2.43. The minimum atomic E-state index is -0.463. The first-order chi connectivity index (χ1) is 16.0. The molecule has 0 unspecified atom stereocenters. The average molecular weight is 451 g/mol. The molecule has 172 valence electrons. The van der Waals surface area contributed by atoms with E-state index in [1.807, 2.05) is 23.2 Å². The molecule has 2 aromatic carbocycles. The van der Waals surface area contributed by atoms with Crippen molar-refractivity contribution < 1.29 is 14.1 Å². The lowest BCUT2D eigenvalue weighted by Gasteiger charge is -2.34. The Morgan fingerprint density at radius 2 is 1.76 bits per heavy atom. The van der Waals surface area contributed by atoms with Gasteiger partial charge in [-0.15, -0.1) is 0 Å². The monoisotopic (exact) mass is 450 g/mol. The lowest BCUT2D eigenvalue weighted by molar-refractivity contribution is -0.384. The second-order valence-electron chi connectivity index (χ2n) is 8.41. The summed E-state index contributed by atoms with van der Waals surface area (Å²) in [6, 6.07) is 16.1. The summed E-state index contributed by atoms with van der Waals surface area (Å²) in [5.41, 5.74) is 2.47. The minimum absolute atomic E-state index is 0.0178. The maximum atomic E-state index is 13.3. The van der Waals surface area contributed by atoms with Gasteiger partial charge in [0.25, 0.3) is 5.69 Å². The third-order valence-electron chi connectivity index (χ3n) is 6.13. The summed E-state index contributed by atoms with van der Waals surface area (Å²) in [6.07, 6.45) is 7.21. The molecule has 1 fully saturated rings. The van der Waals surface area contributed by atoms with Gasteiger partial charge in [0.05, 0.1) is 11.5 Å². The van der Waals surface area contributed by atoms with Crippen molar-refractivity contribution in [1.82, 2.24) is 9.47 Å². The Kier molecular flexibility index (Phi) is 7.02. The van der Waals surface area contributed by atoms with E-state index < -0.39 is 4.92 Å². The molecule has 1 aliphatic carbocycles. The molecule has 7 nitrogen and oxygen atoms in total. The standard InChI is InChI=1S/C25H27FN4O3/c26-20-10-8-19(9-11-20)17-28-16-4-7-24(28)18-29(22-5-2-1-3-6-22)25(31)27-21-12-14-23(15-13-21)30(32)33/h4,7-16,22H,1-3,5-6,17-18H2,(H,27,31). The number of aromatic nitrogens is 1. The fourth-order valence-corrected chi connectivity index (χ4v) is 4.33. The number of anilines is 1. The molecule has 0 spiro atoms. The highest BCUT2D eigenvalue weighted by atomic mass is 19.1. The van der Waals surface area contributed by atoms with Crippen LogP contribution in [0.25, 0.3) is 0 Å². The first kappa shape index (κ1) is 22.5. The Morgan fingerprint density at radius 1 is 1.06 bits per heavy atom. The van der Waals surface area contributed by atoms with E-state index in [0.29, 0.717) is 18.8 Å². The SMILES string of the molecule is O=C(Nc1ccc([N+](=O)[O-])cc1)N(Cc1cccn1Cc1ccc(F)cc1)C1CCCCC1. The molecule has 1 aromatic heterocycles. The molecule has 0 aliphatic heterocycles. The van der Waals surface area contributed by atoms with Crippen molar-refractivity contribution in [2.24, 2.45) is 0 Å². The topological polar surface area (TPSA) is 80.4 Å². The number of amides is 2. The highest BCUT2D eigenvalue weighted by Gasteiger charge is 2.26. The molecular weight excluding hydrogens is 423 g/mol. The van der Waals surface area contributed by atoms with E-state index in [4.69, 9.17) is 0 Å². The Morgan fingerprint density at radius 3 is 2.42 bits per heavy atom. The van der Waals surface area contributed by atoms with Crippen LogP contribution >= 0.6 is 0 Å². The van der Waals surface area contributed by atoms with Gasteiger partial charge in [0.15, 0.2) is 0 Å². The highest BCUT2D eigenvalue weighted by molar-refractivity contribution is 5.89. The first-order valence-electron chi connectivity index (χ1n) is 11.2. The van der Waals surface area contributed by atoms with Crippen molar-refractivity contribution in [2.45, 2.75) is 51.2 Å². The van der Waals surface area contributed by atoms with Crippen LogP contribution in [0.3, 0.4) is 0 Å². The summed E-state index contributed by atoms with van der Waals surface area (Å²) in [5.74, 6) is -0.266. The predicted molar refractivity (Wildman–Crippen MR) is 124 cm³/mol. The van der Waals surface area contributed by atoms with Crippen LogP contribution in [0, 0.1) is 15.9 Å². The number of nitrogens with one attached hydrogen (secondary N) is 1. The molecule has 2 amide bonds. The van der Waals surface area contributed by atoms with Crippen LogP contribution in [0.5, 0.6) is 0 Å². The van der Waals surface area contributed by atoms with E-state index in [2.05, 4.69) is 9.88 Å². The molecule has 3 aromatic rings. The second-order valence-corrected chi connectivity index (χ2v) is 8.41. The third-order valence-corrected chi connectivity index (χ3v) is 6.13. The number of nitro benzene ring substituents is 1. The number of carbonyl (C=O) groups is 1. The normalized spacial score (nSPS) is 14.1. The molecule has 1 N–H and O–H groups in total. The molecule has 33 heavy (non-hydrogen) atoms. The molecule has 8 heteroatoms. The largest absolute Gasteiger partial charge is 0.345 e. The third kappa shape index (κ3) is 5.77. The number of urea groups is 1. The number of nitrogens with zero attached hydrogens (tertiary/aromatic N) is 3. The average Bonchev–Trinajstić information content (AvgIpc) is 3.26. The number of hydrogen-bond acceptors (Lipinski definition) is 3. The van der Waals surface area contributed by atoms with E-state index in [9.17, 15) is 19.3 Å². The van der Waals surface area contributed by atoms with Gasteiger partial charge in [0.2, 0.25) is 0 Å². The Hall–Kier alpha value is -3.68. The van der Waals surface area contributed by atoms with Crippen LogP contribution in [-0.4, -0.2) is 26.5 Å². The van der Waals surface area contributed by atoms with E-state index in [1.165, 1.54) is 30.7 Å². The Labute approximate surface area is 192 Å². The van der Waals surface area contributed by atoms with Gasteiger partial charge in [-0.2, -0.15) is 0 Å². The summed E-state index contributed by atoms with van der Waals surface area (Å²) < 4.78 is 15.3. The number of halogens is 1. The minimum Gasteiger partial charge on any atom is -0.345 e. The predicted octanol–water partition coefficient (Wildman–Crippen LogP) is 5.95. The van der Waals surface area contributed by atoms with Crippen LogP contribution in [0.4, 0.5) is 20.6 Å². The number of carbonyl (C=O) groups excluding carboxylic acids is 1. The van der Waals surface area contributed by atoms with Gasteiger partial charge in [-0.05, 0) is 54.8 Å². The van der Waals surface area contributed by atoms with Gasteiger partial charge in [-0.25, -0.2) is 9.18 Å². The van der Waals surface area contributed by atoms with Crippen molar-refractivity contribution in [3.63, 3.8) is 0 Å². The number of rotatable bonds is 7. The molecule has 0 radical (unpaired) electrons. The van der Waals surface area contributed by atoms with Gasteiger partial charge in [-0.3, -0.25) is 10.1 Å². The number of non-ortho nitro benzene ring substituents is 1. The smallest absolute Gasteiger partial charge is 0.322 e. The maximum Gasteiger partial charge on any atom is 0.322 e. The summed E-state index contributed by atoms with van der Waals surface area (Å²) in [4.78, 5) is 25.6. The quantitative estimate of drug-likeness (QED) is 0.357.